The normalized spacial score (nSPS) is 12.2. The number of benzene rings is 2. The zero-order chi connectivity index (χ0) is 13.1. The first-order valence-electron chi connectivity index (χ1n) is 5.57. The number of hydrogen-bond donors (Lipinski definition) is 2. The van der Waals surface area contributed by atoms with Crippen molar-refractivity contribution in [3.05, 3.63) is 58.9 Å². The van der Waals surface area contributed by atoms with Gasteiger partial charge in [-0.25, -0.2) is 4.39 Å². The number of hydrogen-bond acceptors (Lipinski definition) is 2. The molecule has 2 aromatic rings. The van der Waals surface area contributed by atoms with Gasteiger partial charge in [0.1, 0.15) is 0 Å². The Bertz CT molecular complexity index is 542. The smallest absolute Gasteiger partial charge is 0.166 e. The largest absolute Gasteiger partial charge is 0.505 e. The van der Waals surface area contributed by atoms with Crippen molar-refractivity contribution < 1.29 is 9.50 Å². The molecule has 1 atom stereocenters. The molecule has 2 aromatic carbocycles. The maximum Gasteiger partial charge on any atom is 0.166 e. The number of phenolic OH excluding ortho intramolecular Hbond substituents is 1. The summed E-state index contributed by atoms with van der Waals surface area (Å²) in [5, 5.41) is 12.9. The molecule has 0 saturated heterocycles. The van der Waals surface area contributed by atoms with Crippen LogP contribution in [0.1, 0.15) is 18.5 Å². The molecule has 2 rings (SSSR count). The van der Waals surface area contributed by atoms with Crippen LogP contribution in [-0.4, -0.2) is 5.11 Å². The Hall–Kier alpha value is -1.74. The molecule has 0 bridgehead atoms. The van der Waals surface area contributed by atoms with E-state index in [0.717, 1.165) is 5.56 Å². The van der Waals surface area contributed by atoms with Crippen molar-refractivity contribution in [1.29, 1.82) is 0 Å². The van der Waals surface area contributed by atoms with Crippen LogP contribution in [0.25, 0.3) is 0 Å². The van der Waals surface area contributed by atoms with Crippen LogP contribution in [0.2, 0.25) is 5.02 Å². The third-order valence-electron chi connectivity index (χ3n) is 2.70. The predicted octanol–water partition coefficient (Wildman–Crippen LogP) is 4.36. The third-order valence-corrected chi connectivity index (χ3v) is 2.95. The van der Waals surface area contributed by atoms with E-state index in [4.69, 9.17) is 16.7 Å². The number of aromatic hydroxyl groups is 1. The van der Waals surface area contributed by atoms with Gasteiger partial charge in [-0.15, -0.1) is 0 Å². The van der Waals surface area contributed by atoms with Crippen molar-refractivity contribution in [2.45, 2.75) is 13.0 Å². The summed E-state index contributed by atoms with van der Waals surface area (Å²) < 4.78 is 13.2. The van der Waals surface area contributed by atoms with E-state index in [1.54, 1.807) is 6.07 Å². The first kappa shape index (κ1) is 12.7. The van der Waals surface area contributed by atoms with Gasteiger partial charge in [-0.3, -0.25) is 0 Å². The average Bonchev–Trinajstić information content (AvgIpc) is 2.34. The highest BCUT2D eigenvalue weighted by Crippen LogP contribution is 2.24. The summed E-state index contributed by atoms with van der Waals surface area (Å²) in [5.41, 5.74) is 1.67. The van der Waals surface area contributed by atoms with Crippen molar-refractivity contribution in [2.24, 2.45) is 0 Å². The maximum absolute atomic E-state index is 13.2. The number of nitrogens with one attached hydrogen (secondary N) is 1. The van der Waals surface area contributed by atoms with Crippen LogP contribution in [-0.2, 0) is 0 Å². The van der Waals surface area contributed by atoms with Crippen LogP contribution in [0.5, 0.6) is 5.75 Å². The molecular weight excluding hydrogens is 253 g/mol. The van der Waals surface area contributed by atoms with Crippen molar-refractivity contribution in [3.8, 4) is 5.75 Å². The molecular formula is C14H13ClFNO. The Labute approximate surface area is 110 Å². The second kappa shape index (κ2) is 5.27. The highest BCUT2D eigenvalue weighted by Gasteiger charge is 2.07. The van der Waals surface area contributed by atoms with E-state index in [1.807, 2.05) is 31.2 Å². The topological polar surface area (TPSA) is 32.3 Å². The first-order chi connectivity index (χ1) is 8.56. The molecule has 18 heavy (non-hydrogen) atoms. The van der Waals surface area contributed by atoms with Gasteiger partial charge in [0.2, 0.25) is 0 Å². The Balaban J connectivity index is 2.13. The summed E-state index contributed by atoms with van der Waals surface area (Å²) in [7, 11) is 0. The molecule has 0 saturated carbocycles. The maximum atomic E-state index is 13.2. The third kappa shape index (κ3) is 2.93. The lowest BCUT2D eigenvalue weighted by Gasteiger charge is -2.16. The van der Waals surface area contributed by atoms with Crippen LogP contribution in [0.3, 0.4) is 0 Å². The molecule has 2 nitrogen and oxygen atoms in total. The first-order valence-corrected chi connectivity index (χ1v) is 5.94. The second-order valence-corrected chi connectivity index (χ2v) is 4.52. The lowest BCUT2D eigenvalue weighted by molar-refractivity contribution is 0.432. The summed E-state index contributed by atoms with van der Waals surface area (Å²) in [4.78, 5) is 0. The van der Waals surface area contributed by atoms with E-state index in [-0.39, 0.29) is 11.8 Å². The number of phenols is 1. The molecule has 0 fully saturated rings. The van der Waals surface area contributed by atoms with Crippen LogP contribution in [0, 0.1) is 5.82 Å². The van der Waals surface area contributed by atoms with Crippen LogP contribution in [0.4, 0.5) is 10.1 Å². The van der Waals surface area contributed by atoms with E-state index in [0.29, 0.717) is 10.7 Å². The lowest BCUT2D eigenvalue weighted by Crippen LogP contribution is -2.06. The molecule has 2 N–H and O–H groups in total. The summed E-state index contributed by atoms with van der Waals surface area (Å²) in [5.74, 6) is -0.983. The fourth-order valence-electron chi connectivity index (χ4n) is 1.68. The molecule has 0 amide bonds. The summed E-state index contributed by atoms with van der Waals surface area (Å²) in [6.07, 6.45) is 0. The summed E-state index contributed by atoms with van der Waals surface area (Å²) >= 11 is 5.82. The van der Waals surface area contributed by atoms with Crippen LogP contribution >= 0.6 is 11.6 Å². The molecule has 0 radical (unpaired) electrons. The Morgan fingerprint density at radius 2 is 1.83 bits per heavy atom. The molecule has 94 valence electrons. The van der Waals surface area contributed by atoms with E-state index >= 15 is 0 Å². The van der Waals surface area contributed by atoms with Crippen molar-refractivity contribution >= 4 is 17.3 Å². The van der Waals surface area contributed by atoms with Crippen LogP contribution < -0.4 is 5.32 Å². The SMILES string of the molecule is CC(Nc1ccc(O)c(F)c1)c1ccc(Cl)cc1. The quantitative estimate of drug-likeness (QED) is 0.809. The van der Waals surface area contributed by atoms with Gasteiger partial charge in [-0.05, 0) is 36.8 Å². The van der Waals surface area contributed by atoms with Crippen LogP contribution in [0.15, 0.2) is 42.5 Å². The molecule has 0 aromatic heterocycles. The molecule has 0 aliphatic rings. The zero-order valence-corrected chi connectivity index (χ0v) is 10.6. The van der Waals surface area contributed by atoms with Gasteiger partial charge < -0.3 is 10.4 Å². The summed E-state index contributed by atoms with van der Waals surface area (Å²) in [6.45, 7) is 1.97. The average molecular weight is 266 g/mol. The van der Waals surface area contributed by atoms with E-state index in [2.05, 4.69) is 5.32 Å². The van der Waals surface area contributed by atoms with Gasteiger partial charge in [0, 0.05) is 22.8 Å². The Morgan fingerprint density at radius 1 is 1.17 bits per heavy atom. The molecule has 1 unspecified atom stereocenters. The molecule has 4 heteroatoms. The fourth-order valence-corrected chi connectivity index (χ4v) is 1.81. The van der Waals surface area contributed by atoms with Crippen molar-refractivity contribution in [2.75, 3.05) is 5.32 Å². The second-order valence-electron chi connectivity index (χ2n) is 4.08. The Kier molecular flexibility index (Phi) is 3.72. The van der Waals surface area contributed by atoms with E-state index in [1.165, 1.54) is 12.1 Å². The number of rotatable bonds is 3. The highest BCUT2D eigenvalue weighted by molar-refractivity contribution is 6.30. The molecule has 0 aliphatic carbocycles. The standard InChI is InChI=1S/C14H13ClFNO/c1-9(10-2-4-11(15)5-3-10)17-12-6-7-14(18)13(16)8-12/h2-9,17-18H,1H3. The summed E-state index contributed by atoms with van der Waals surface area (Å²) in [6, 6.07) is 11.7. The monoisotopic (exact) mass is 265 g/mol. The fraction of sp³-hybridized carbons (Fsp3) is 0.143. The minimum absolute atomic E-state index is 0.0196. The van der Waals surface area contributed by atoms with Gasteiger partial charge in [0.15, 0.2) is 11.6 Å². The highest BCUT2D eigenvalue weighted by atomic mass is 35.5. The van der Waals surface area contributed by atoms with Gasteiger partial charge in [0.05, 0.1) is 0 Å². The minimum Gasteiger partial charge on any atom is -0.505 e. The van der Waals surface area contributed by atoms with Crippen molar-refractivity contribution in [3.63, 3.8) is 0 Å². The predicted molar refractivity (Wildman–Crippen MR) is 71.6 cm³/mol. The Morgan fingerprint density at radius 3 is 2.44 bits per heavy atom. The van der Waals surface area contributed by atoms with Crippen molar-refractivity contribution in [1.82, 2.24) is 0 Å². The molecule has 0 aliphatic heterocycles. The number of halogens is 2. The van der Waals surface area contributed by atoms with E-state index < -0.39 is 5.82 Å². The molecule has 0 heterocycles. The van der Waals surface area contributed by atoms with E-state index in [9.17, 15) is 4.39 Å². The van der Waals surface area contributed by atoms with Gasteiger partial charge >= 0.3 is 0 Å². The minimum atomic E-state index is -0.636. The lowest BCUT2D eigenvalue weighted by atomic mass is 10.1. The zero-order valence-electron chi connectivity index (χ0n) is 9.82. The van der Waals surface area contributed by atoms with Gasteiger partial charge in [0.25, 0.3) is 0 Å². The van der Waals surface area contributed by atoms with Gasteiger partial charge in [-0.2, -0.15) is 0 Å². The number of anilines is 1. The molecule has 0 spiro atoms. The van der Waals surface area contributed by atoms with Gasteiger partial charge in [-0.1, -0.05) is 23.7 Å².